The first kappa shape index (κ1) is 7.13. The molecule has 0 aliphatic carbocycles. The van der Waals surface area contributed by atoms with Crippen molar-refractivity contribution in [1.29, 1.82) is 0 Å². The van der Waals surface area contributed by atoms with Gasteiger partial charge in [-0.3, -0.25) is 4.79 Å². The predicted molar refractivity (Wildman–Crippen MR) is 40.5 cm³/mol. The second kappa shape index (κ2) is 2.33. The maximum absolute atomic E-state index is 11.0. The average Bonchev–Trinajstić information content (AvgIpc) is 1.89. The van der Waals surface area contributed by atoms with Gasteiger partial charge in [-0.1, -0.05) is 25.6 Å². The largest absolute Gasteiger partial charge is 0.287 e. The molecule has 0 amide bonds. The van der Waals surface area contributed by atoms with Gasteiger partial charge in [-0.05, 0) is 12.8 Å². The Morgan fingerprint density at radius 2 is 2.11 bits per heavy atom. The molecule has 0 aromatic rings. The third-order valence-electron chi connectivity index (χ3n) is 2.27. The topological polar surface area (TPSA) is 17.1 Å². The van der Waals surface area contributed by atoms with E-state index in [0.717, 1.165) is 18.6 Å². The third kappa shape index (κ3) is 0.895. The zero-order chi connectivity index (χ0) is 6.91. The molecule has 1 fully saturated rings. The highest BCUT2D eigenvalue weighted by molar-refractivity contribution is 8.15. The summed E-state index contributed by atoms with van der Waals surface area (Å²) in [6.07, 6.45) is 2.05. The van der Waals surface area contributed by atoms with Crippen molar-refractivity contribution in [3.63, 3.8) is 0 Å². The zero-order valence-electron chi connectivity index (χ0n) is 5.94. The van der Waals surface area contributed by atoms with E-state index in [-0.39, 0.29) is 5.41 Å². The summed E-state index contributed by atoms with van der Waals surface area (Å²) in [5, 5.41) is 0.410. The quantitative estimate of drug-likeness (QED) is 0.590. The molecule has 0 saturated carbocycles. The first-order valence-electron chi connectivity index (χ1n) is 3.42. The van der Waals surface area contributed by atoms with Crippen molar-refractivity contribution in [2.45, 2.75) is 26.7 Å². The molecular formula is C7H12OS. The van der Waals surface area contributed by atoms with Gasteiger partial charge in [0.2, 0.25) is 0 Å². The van der Waals surface area contributed by atoms with E-state index in [1.807, 2.05) is 0 Å². The van der Waals surface area contributed by atoms with Crippen LogP contribution < -0.4 is 0 Å². The number of hydrogen-bond acceptors (Lipinski definition) is 2. The van der Waals surface area contributed by atoms with Gasteiger partial charge >= 0.3 is 0 Å². The van der Waals surface area contributed by atoms with Crippen LogP contribution in [0.15, 0.2) is 0 Å². The molecule has 52 valence electrons. The first-order chi connectivity index (χ1) is 4.25. The Kier molecular flexibility index (Phi) is 1.85. The second-order valence-electron chi connectivity index (χ2n) is 2.56. The summed E-state index contributed by atoms with van der Waals surface area (Å²) >= 11 is 1.48. The molecule has 0 bridgehead atoms. The Hall–Kier alpha value is 0.0200. The van der Waals surface area contributed by atoms with Crippen molar-refractivity contribution in [2.24, 2.45) is 5.41 Å². The van der Waals surface area contributed by atoms with E-state index in [9.17, 15) is 4.79 Å². The Morgan fingerprint density at radius 3 is 2.11 bits per heavy atom. The van der Waals surface area contributed by atoms with Gasteiger partial charge in [-0.2, -0.15) is 0 Å². The molecule has 1 rings (SSSR count). The molecule has 1 aliphatic rings. The van der Waals surface area contributed by atoms with E-state index < -0.39 is 0 Å². The molecule has 1 aliphatic heterocycles. The maximum Gasteiger partial charge on any atom is 0.195 e. The lowest BCUT2D eigenvalue weighted by atomic mass is 9.85. The van der Waals surface area contributed by atoms with Crippen molar-refractivity contribution in [1.82, 2.24) is 0 Å². The molecule has 1 heterocycles. The molecular weight excluding hydrogens is 132 g/mol. The molecule has 2 heteroatoms. The van der Waals surface area contributed by atoms with Gasteiger partial charge in [0.15, 0.2) is 5.12 Å². The minimum Gasteiger partial charge on any atom is -0.287 e. The van der Waals surface area contributed by atoms with Crippen molar-refractivity contribution < 1.29 is 4.79 Å². The van der Waals surface area contributed by atoms with Gasteiger partial charge in [0.25, 0.3) is 0 Å². The normalized spacial score (nSPS) is 23.6. The fourth-order valence-electron chi connectivity index (χ4n) is 1.08. The Balaban J connectivity index is 2.58. The van der Waals surface area contributed by atoms with Crippen LogP contribution in [-0.2, 0) is 4.79 Å². The molecule has 0 aromatic carbocycles. The fraction of sp³-hybridized carbons (Fsp3) is 0.857. The summed E-state index contributed by atoms with van der Waals surface area (Å²) in [7, 11) is 0. The number of rotatable bonds is 2. The summed E-state index contributed by atoms with van der Waals surface area (Å²) < 4.78 is 0. The van der Waals surface area contributed by atoms with E-state index >= 15 is 0 Å². The van der Waals surface area contributed by atoms with Crippen molar-refractivity contribution in [2.75, 3.05) is 5.75 Å². The Labute approximate surface area is 60.2 Å². The van der Waals surface area contributed by atoms with Crippen molar-refractivity contribution >= 4 is 16.9 Å². The van der Waals surface area contributed by atoms with E-state index in [1.165, 1.54) is 11.8 Å². The van der Waals surface area contributed by atoms with Crippen LogP contribution in [0.5, 0.6) is 0 Å². The molecule has 1 nitrogen and oxygen atoms in total. The van der Waals surface area contributed by atoms with Crippen LogP contribution in [0.3, 0.4) is 0 Å². The van der Waals surface area contributed by atoms with Crippen LogP contribution in [0.4, 0.5) is 0 Å². The molecule has 9 heavy (non-hydrogen) atoms. The van der Waals surface area contributed by atoms with Crippen LogP contribution in [0.25, 0.3) is 0 Å². The molecule has 0 atom stereocenters. The van der Waals surface area contributed by atoms with Gasteiger partial charge in [-0.15, -0.1) is 0 Å². The van der Waals surface area contributed by atoms with Crippen LogP contribution in [-0.4, -0.2) is 10.9 Å². The van der Waals surface area contributed by atoms with E-state index in [2.05, 4.69) is 13.8 Å². The molecule has 0 spiro atoms. The third-order valence-corrected chi connectivity index (χ3v) is 3.66. The van der Waals surface area contributed by atoms with E-state index in [1.54, 1.807) is 0 Å². The van der Waals surface area contributed by atoms with Crippen molar-refractivity contribution in [3.8, 4) is 0 Å². The Morgan fingerprint density at radius 1 is 1.56 bits per heavy atom. The van der Waals surface area contributed by atoms with E-state index in [4.69, 9.17) is 0 Å². The second-order valence-corrected chi connectivity index (χ2v) is 3.51. The standard InChI is InChI=1S/C7H12OS/c1-3-7(4-2)5-9-6(7)8/h3-5H2,1-2H3. The highest BCUT2D eigenvalue weighted by Crippen LogP contribution is 2.44. The molecule has 0 N–H and O–H groups in total. The van der Waals surface area contributed by atoms with Gasteiger partial charge in [-0.25, -0.2) is 0 Å². The lowest BCUT2D eigenvalue weighted by molar-refractivity contribution is -0.120. The maximum atomic E-state index is 11.0. The van der Waals surface area contributed by atoms with E-state index in [0.29, 0.717) is 5.12 Å². The summed E-state index contributed by atoms with van der Waals surface area (Å²) in [5.74, 6) is 1.05. The minimum absolute atomic E-state index is 0.0880. The zero-order valence-corrected chi connectivity index (χ0v) is 6.75. The van der Waals surface area contributed by atoms with Gasteiger partial charge < -0.3 is 0 Å². The number of hydrogen-bond donors (Lipinski definition) is 0. The lowest BCUT2D eigenvalue weighted by Gasteiger charge is -2.37. The predicted octanol–water partition coefficient (Wildman–Crippen LogP) is 2.07. The highest BCUT2D eigenvalue weighted by atomic mass is 32.2. The van der Waals surface area contributed by atoms with Crippen LogP contribution in [0.2, 0.25) is 0 Å². The fourth-order valence-corrected chi connectivity index (χ4v) is 2.45. The van der Waals surface area contributed by atoms with Crippen LogP contribution >= 0.6 is 11.8 Å². The van der Waals surface area contributed by atoms with Gasteiger partial charge in [0, 0.05) is 11.2 Å². The lowest BCUT2D eigenvalue weighted by Crippen LogP contribution is -2.39. The summed E-state index contributed by atoms with van der Waals surface area (Å²) in [4.78, 5) is 11.0. The summed E-state index contributed by atoms with van der Waals surface area (Å²) in [6.45, 7) is 4.20. The van der Waals surface area contributed by atoms with Gasteiger partial charge in [0.1, 0.15) is 0 Å². The molecule has 0 aromatic heterocycles. The number of carbonyl (C=O) groups is 1. The monoisotopic (exact) mass is 144 g/mol. The average molecular weight is 144 g/mol. The smallest absolute Gasteiger partial charge is 0.195 e. The molecule has 0 unspecified atom stereocenters. The van der Waals surface area contributed by atoms with Crippen LogP contribution in [0.1, 0.15) is 26.7 Å². The molecule has 1 saturated heterocycles. The Bertz CT molecular complexity index is 121. The number of thioether (sulfide) groups is 1. The van der Waals surface area contributed by atoms with Gasteiger partial charge in [0.05, 0.1) is 0 Å². The first-order valence-corrected chi connectivity index (χ1v) is 4.41. The molecule has 0 radical (unpaired) electrons. The SMILES string of the molecule is CCC1(CC)CSC1=O. The minimum atomic E-state index is 0.0880. The van der Waals surface area contributed by atoms with Crippen molar-refractivity contribution in [3.05, 3.63) is 0 Å². The number of carbonyl (C=O) groups excluding carboxylic acids is 1. The summed E-state index contributed by atoms with van der Waals surface area (Å²) in [6, 6.07) is 0. The van der Waals surface area contributed by atoms with Crippen LogP contribution in [0, 0.1) is 5.41 Å². The highest BCUT2D eigenvalue weighted by Gasteiger charge is 2.43. The summed E-state index contributed by atoms with van der Waals surface area (Å²) in [5.41, 5.74) is 0.0880.